The number of esters is 1. The SMILES string of the molecule is COC(=O)CN1CCN(C(=O)c2cnc3ccccn3c2=O)CC1=O. The largest absolute Gasteiger partial charge is 0.468 e. The lowest BCUT2D eigenvalue weighted by Gasteiger charge is -2.33. The summed E-state index contributed by atoms with van der Waals surface area (Å²) in [5.41, 5.74) is -0.152. The molecule has 3 heterocycles. The molecule has 0 radical (unpaired) electrons. The number of pyridine rings is 1. The topological polar surface area (TPSA) is 101 Å². The molecule has 1 aliphatic heterocycles. The monoisotopic (exact) mass is 344 g/mol. The number of ether oxygens (including phenoxy) is 1. The van der Waals surface area contributed by atoms with Gasteiger partial charge in [0.1, 0.15) is 24.3 Å². The Bertz CT molecular complexity index is 907. The van der Waals surface area contributed by atoms with Gasteiger partial charge in [-0.1, -0.05) is 6.07 Å². The molecule has 0 atom stereocenters. The van der Waals surface area contributed by atoms with Gasteiger partial charge in [-0.2, -0.15) is 0 Å². The van der Waals surface area contributed by atoms with Crippen molar-refractivity contribution in [2.24, 2.45) is 0 Å². The van der Waals surface area contributed by atoms with Crippen LogP contribution < -0.4 is 5.56 Å². The number of carbonyl (C=O) groups excluding carboxylic acids is 3. The van der Waals surface area contributed by atoms with E-state index in [1.807, 2.05) is 0 Å². The molecule has 2 aromatic rings. The van der Waals surface area contributed by atoms with Gasteiger partial charge >= 0.3 is 5.97 Å². The average Bonchev–Trinajstić information content (AvgIpc) is 2.63. The lowest BCUT2D eigenvalue weighted by molar-refractivity contribution is -0.148. The summed E-state index contributed by atoms with van der Waals surface area (Å²) in [6, 6.07) is 5.06. The first-order chi connectivity index (χ1) is 12.0. The molecule has 0 aliphatic carbocycles. The van der Waals surface area contributed by atoms with Gasteiger partial charge in [0.25, 0.3) is 11.5 Å². The second-order valence-electron chi connectivity index (χ2n) is 5.52. The lowest BCUT2D eigenvalue weighted by atomic mass is 10.2. The molecule has 0 spiro atoms. The molecular weight excluding hydrogens is 328 g/mol. The van der Waals surface area contributed by atoms with Crippen molar-refractivity contribution in [2.75, 3.05) is 33.3 Å². The van der Waals surface area contributed by atoms with Gasteiger partial charge in [0, 0.05) is 25.5 Å². The van der Waals surface area contributed by atoms with Crippen LogP contribution in [0.5, 0.6) is 0 Å². The Balaban J connectivity index is 1.79. The van der Waals surface area contributed by atoms with Crippen molar-refractivity contribution in [1.82, 2.24) is 19.2 Å². The van der Waals surface area contributed by atoms with Crippen molar-refractivity contribution in [3.8, 4) is 0 Å². The van der Waals surface area contributed by atoms with Crippen LogP contribution in [0.3, 0.4) is 0 Å². The molecule has 130 valence electrons. The number of carbonyl (C=O) groups is 3. The number of hydrogen-bond donors (Lipinski definition) is 0. The number of nitrogens with zero attached hydrogens (tertiary/aromatic N) is 4. The first-order valence-electron chi connectivity index (χ1n) is 7.61. The number of rotatable bonds is 3. The maximum atomic E-state index is 12.6. The Kier molecular flexibility index (Phi) is 4.46. The summed E-state index contributed by atoms with van der Waals surface area (Å²) in [6.07, 6.45) is 2.76. The molecule has 0 saturated carbocycles. The highest BCUT2D eigenvalue weighted by atomic mass is 16.5. The van der Waals surface area contributed by atoms with Gasteiger partial charge in [0.15, 0.2) is 0 Å². The van der Waals surface area contributed by atoms with Crippen LogP contribution in [0, 0.1) is 0 Å². The van der Waals surface area contributed by atoms with E-state index in [9.17, 15) is 19.2 Å². The summed E-state index contributed by atoms with van der Waals surface area (Å²) in [7, 11) is 1.24. The van der Waals surface area contributed by atoms with Gasteiger partial charge in [-0.05, 0) is 12.1 Å². The molecule has 1 saturated heterocycles. The number of hydrogen-bond acceptors (Lipinski definition) is 6. The maximum Gasteiger partial charge on any atom is 0.325 e. The molecule has 9 heteroatoms. The predicted octanol–water partition coefficient (Wildman–Crippen LogP) is -0.848. The molecule has 9 nitrogen and oxygen atoms in total. The van der Waals surface area contributed by atoms with Crippen LogP contribution in [-0.2, 0) is 14.3 Å². The second kappa shape index (κ2) is 6.71. The van der Waals surface area contributed by atoms with Crippen LogP contribution in [-0.4, -0.2) is 70.3 Å². The van der Waals surface area contributed by atoms with Gasteiger partial charge in [0.05, 0.1) is 7.11 Å². The number of methoxy groups -OCH3 is 1. The third kappa shape index (κ3) is 3.21. The minimum absolute atomic E-state index is 0.0992. The molecular formula is C16H16N4O5. The zero-order chi connectivity index (χ0) is 18.0. The minimum Gasteiger partial charge on any atom is -0.468 e. The van der Waals surface area contributed by atoms with Gasteiger partial charge in [-0.25, -0.2) is 4.98 Å². The smallest absolute Gasteiger partial charge is 0.325 e. The second-order valence-corrected chi connectivity index (χ2v) is 5.52. The van der Waals surface area contributed by atoms with Crippen LogP contribution in [0.1, 0.15) is 10.4 Å². The zero-order valence-corrected chi connectivity index (χ0v) is 13.5. The molecule has 0 aromatic carbocycles. The fourth-order valence-electron chi connectivity index (χ4n) is 2.61. The molecule has 0 unspecified atom stereocenters. The normalized spacial score (nSPS) is 14.7. The van der Waals surface area contributed by atoms with Crippen molar-refractivity contribution in [3.63, 3.8) is 0 Å². The van der Waals surface area contributed by atoms with Gasteiger partial charge < -0.3 is 14.5 Å². The summed E-state index contributed by atoms with van der Waals surface area (Å²) in [6.45, 7) is 0.0603. The molecule has 2 aromatic heterocycles. The Morgan fingerprint density at radius 1 is 1.24 bits per heavy atom. The molecule has 1 fully saturated rings. The van der Waals surface area contributed by atoms with Crippen LogP contribution >= 0.6 is 0 Å². The Morgan fingerprint density at radius 2 is 2.04 bits per heavy atom. The van der Waals surface area contributed by atoms with E-state index < -0.39 is 17.4 Å². The highest BCUT2D eigenvalue weighted by Gasteiger charge is 2.30. The van der Waals surface area contributed by atoms with Crippen LogP contribution in [0.4, 0.5) is 0 Å². The number of aromatic nitrogens is 2. The Morgan fingerprint density at radius 3 is 2.76 bits per heavy atom. The van der Waals surface area contributed by atoms with Crippen LogP contribution in [0.15, 0.2) is 35.4 Å². The van der Waals surface area contributed by atoms with Gasteiger partial charge in [-0.3, -0.25) is 23.6 Å². The van der Waals surface area contributed by atoms with E-state index >= 15 is 0 Å². The summed E-state index contributed by atoms with van der Waals surface area (Å²) >= 11 is 0. The summed E-state index contributed by atoms with van der Waals surface area (Å²) in [5.74, 6) is -1.45. The quantitative estimate of drug-likeness (QED) is 0.673. The highest BCUT2D eigenvalue weighted by molar-refractivity contribution is 5.97. The average molecular weight is 344 g/mol. The van der Waals surface area contributed by atoms with E-state index in [0.29, 0.717) is 5.65 Å². The Hall–Kier alpha value is -3.23. The van der Waals surface area contributed by atoms with Crippen LogP contribution in [0.25, 0.3) is 5.65 Å². The van der Waals surface area contributed by atoms with Crippen molar-refractivity contribution in [1.29, 1.82) is 0 Å². The fourth-order valence-corrected chi connectivity index (χ4v) is 2.61. The van der Waals surface area contributed by atoms with E-state index in [2.05, 4.69) is 9.72 Å². The summed E-state index contributed by atoms with van der Waals surface area (Å²) < 4.78 is 5.82. The van der Waals surface area contributed by atoms with E-state index in [1.54, 1.807) is 18.2 Å². The first-order valence-corrected chi connectivity index (χ1v) is 7.61. The summed E-state index contributed by atoms with van der Waals surface area (Å²) in [5, 5.41) is 0. The van der Waals surface area contributed by atoms with Crippen LogP contribution in [0.2, 0.25) is 0 Å². The maximum absolute atomic E-state index is 12.6. The fraction of sp³-hybridized carbons (Fsp3) is 0.312. The molecule has 0 bridgehead atoms. The molecule has 3 rings (SSSR count). The predicted molar refractivity (Wildman–Crippen MR) is 86.0 cm³/mol. The van der Waals surface area contributed by atoms with E-state index in [1.165, 1.54) is 33.7 Å². The van der Waals surface area contributed by atoms with Gasteiger partial charge in [-0.15, -0.1) is 0 Å². The van der Waals surface area contributed by atoms with Crippen molar-refractivity contribution in [2.45, 2.75) is 0 Å². The third-order valence-corrected chi connectivity index (χ3v) is 4.00. The van der Waals surface area contributed by atoms with Crippen molar-refractivity contribution < 1.29 is 19.1 Å². The molecule has 25 heavy (non-hydrogen) atoms. The van der Waals surface area contributed by atoms with Crippen molar-refractivity contribution >= 4 is 23.4 Å². The zero-order valence-electron chi connectivity index (χ0n) is 13.5. The number of fused-ring (bicyclic) bond motifs is 1. The van der Waals surface area contributed by atoms with E-state index in [-0.39, 0.29) is 37.6 Å². The third-order valence-electron chi connectivity index (χ3n) is 4.00. The van der Waals surface area contributed by atoms with E-state index in [0.717, 1.165) is 0 Å². The lowest BCUT2D eigenvalue weighted by Crippen LogP contribution is -2.54. The van der Waals surface area contributed by atoms with E-state index in [4.69, 9.17) is 0 Å². The Labute approximate surface area is 142 Å². The minimum atomic E-state index is -0.554. The molecule has 2 amide bonds. The van der Waals surface area contributed by atoms with Gasteiger partial charge in [0.2, 0.25) is 5.91 Å². The first kappa shape index (κ1) is 16.6. The molecule has 1 aliphatic rings. The highest BCUT2D eigenvalue weighted by Crippen LogP contribution is 2.08. The molecule has 0 N–H and O–H groups in total. The number of piperazine rings is 1. The summed E-state index contributed by atoms with van der Waals surface area (Å²) in [4.78, 5) is 55.2. The van der Waals surface area contributed by atoms with Crippen molar-refractivity contribution in [3.05, 3.63) is 46.5 Å². The standard InChI is InChI=1S/C16H16N4O5/c1-25-14(22)10-18-6-7-19(9-13(18)21)15(23)11-8-17-12-4-2-3-5-20(12)16(11)24/h2-5,8H,6-7,9-10H2,1H3. The number of amides is 2.